The number of amides is 1. The number of rotatable bonds is 5. The zero-order valence-electron chi connectivity index (χ0n) is 17.9. The second kappa shape index (κ2) is 8.78. The molecule has 0 saturated carbocycles. The highest BCUT2D eigenvalue weighted by Crippen LogP contribution is 2.27. The highest BCUT2D eigenvalue weighted by molar-refractivity contribution is 7.92. The fraction of sp³-hybridized carbons (Fsp3) is 0.435. The van der Waals surface area contributed by atoms with Crippen molar-refractivity contribution in [1.82, 2.24) is 4.90 Å². The SMILES string of the molecule is CC(C)(C)CN1CCC(S(=O)(=O)c2ccc(C(=O)Nc3ccccc3N)cc2)CC1. The Bertz CT molecular complexity index is 987. The van der Waals surface area contributed by atoms with Crippen molar-refractivity contribution in [3.63, 3.8) is 0 Å². The van der Waals surface area contributed by atoms with E-state index in [9.17, 15) is 13.2 Å². The summed E-state index contributed by atoms with van der Waals surface area (Å²) in [4.78, 5) is 15.1. The van der Waals surface area contributed by atoms with Gasteiger partial charge in [0.2, 0.25) is 0 Å². The molecule has 6 nitrogen and oxygen atoms in total. The third-order valence-corrected chi connectivity index (χ3v) is 7.60. The van der Waals surface area contributed by atoms with E-state index in [1.165, 1.54) is 12.1 Å². The lowest BCUT2D eigenvalue weighted by Crippen LogP contribution is -2.42. The van der Waals surface area contributed by atoms with Crippen LogP contribution in [0.25, 0.3) is 0 Å². The molecule has 0 bridgehead atoms. The van der Waals surface area contributed by atoms with Gasteiger partial charge in [-0.05, 0) is 67.7 Å². The van der Waals surface area contributed by atoms with E-state index < -0.39 is 9.84 Å². The van der Waals surface area contributed by atoms with Crippen LogP contribution >= 0.6 is 0 Å². The first-order valence-electron chi connectivity index (χ1n) is 10.3. The number of benzene rings is 2. The number of likely N-dealkylation sites (tertiary alicyclic amines) is 1. The van der Waals surface area contributed by atoms with Crippen molar-refractivity contribution in [1.29, 1.82) is 0 Å². The van der Waals surface area contributed by atoms with Gasteiger partial charge in [0.15, 0.2) is 9.84 Å². The zero-order valence-corrected chi connectivity index (χ0v) is 18.7. The van der Waals surface area contributed by atoms with Crippen LogP contribution in [0.5, 0.6) is 0 Å². The first-order valence-corrected chi connectivity index (χ1v) is 11.8. The molecule has 3 rings (SSSR count). The molecule has 2 aromatic carbocycles. The number of nitrogens with zero attached hydrogens (tertiary/aromatic N) is 1. The molecule has 0 unspecified atom stereocenters. The fourth-order valence-corrected chi connectivity index (χ4v) is 5.57. The molecule has 2 aromatic rings. The minimum absolute atomic E-state index is 0.201. The van der Waals surface area contributed by atoms with E-state index in [1.54, 1.807) is 36.4 Å². The van der Waals surface area contributed by atoms with Gasteiger partial charge in [-0.1, -0.05) is 32.9 Å². The van der Waals surface area contributed by atoms with E-state index in [-0.39, 0.29) is 21.5 Å². The van der Waals surface area contributed by atoms with Crippen LogP contribution in [0.2, 0.25) is 0 Å². The topological polar surface area (TPSA) is 92.5 Å². The maximum Gasteiger partial charge on any atom is 0.255 e. The van der Waals surface area contributed by atoms with Gasteiger partial charge in [-0.3, -0.25) is 4.79 Å². The van der Waals surface area contributed by atoms with Crippen molar-refractivity contribution >= 4 is 27.1 Å². The summed E-state index contributed by atoms with van der Waals surface area (Å²) in [5.41, 5.74) is 7.45. The van der Waals surface area contributed by atoms with Gasteiger partial charge in [0.05, 0.1) is 21.5 Å². The molecule has 1 fully saturated rings. The van der Waals surface area contributed by atoms with Crippen LogP contribution < -0.4 is 11.1 Å². The summed E-state index contributed by atoms with van der Waals surface area (Å²) in [6.45, 7) is 9.13. The number of anilines is 2. The molecule has 0 aromatic heterocycles. The first kappa shape index (κ1) is 22.3. The summed E-state index contributed by atoms with van der Waals surface area (Å²) in [5.74, 6) is -0.327. The molecular formula is C23H31N3O3S. The van der Waals surface area contributed by atoms with E-state index >= 15 is 0 Å². The van der Waals surface area contributed by atoms with Crippen molar-refractivity contribution in [2.24, 2.45) is 5.41 Å². The number of nitrogens with one attached hydrogen (secondary N) is 1. The molecule has 30 heavy (non-hydrogen) atoms. The standard InChI is InChI=1S/C23H31N3O3S/c1-23(2,3)16-26-14-12-19(13-15-26)30(28,29)18-10-8-17(9-11-18)22(27)25-21-7-5-4-6-20(21)24/h4-11,19H,12-16,24H2,1-3H3,(H,25,27). The normalized spacial score (nSPS) is 16.4. The minimum atomic E-state index is -3.42. The van der Waals surface area contributed by atoms with Crippen LogP contribution in [0, 0.1) is 5.41 Å². The maximum absolute atomic E-state index is 13.1. The van der Waals surface area contributed by atoms with Crippen LogP contribution in [0.1, 0.15) is 44.0 Å². The number of hydrogen-bond acceptors (Lipinski definition) is 5. The van der Waals surface area contributed by atoms with E-state index in [0.29, 0.717) is 29.8 Å². The number of sulfone groups is 1. The molecule has 1 aliphatic rings. The third kappa shape index (κ3) is 5.40. The van der Waals surface area contributed by atoms with Crippen molar-refractivity contribution in [2.75, 3.05) is 30.7 Å². The van der Waals surface area contributed by atoms with Gasteiger partial charge in [0.1, 0.15) is 0 Å². The van der Waals surface area contributed by atoms with Gasteiger partial charge in [0, 0.05) is 12.1 Å². The molecule has 0 radical (unpaired) electrons. The summed E-state index contributed by atoms with van der Waals surface area (Å²) in [5, 5.41) is 2.38. The first-order chi connectivity index (χ1) is 14.1. The van der Waals surface area contributed by atoms with Crippen LogP contribution in [0.3, 0.4) is 0 Å². The molecule has 0 spiro atoms. The summed E-state index contributed by atoms with van der Waals surface area (Å²) >= 11 is 0. The Hall–Kier alpha value is -2.38. The van der Waals surface area contributed by atoms with Crippen LogP contribution in [0.15, 0.2) is 53.4 Å². The lowest BCUT2D eigenvalue weighted by atomic mass is 9.95. The van der Waals surface area contributed by atoms with E-state index in [0.717, 1.165) is 19.6 Å². The summed E-state index contributed by atoms with van der Waals surface area (Å²) in [6.07, 6.45) is 1.27. The Kier molecular flexibility index (Phi) is 6.53. The predicted molar refractivity (Wildman–Crippen MR) is 121 cm³/mol. The number of carbonyl (C=O) groups excluding carboxylic acids is 1. The number of piperidine rings is 1. The number of hydrogen-bond donors (Lipinski definition) is 2. The number of carbonyl (C=O) groups is 1. The van der Waals surface area contributed by atoms with Crippen LogP contribution in [-0.2, 0) is 9.84 Å². The maximum atomic E-state index is 13.1. The molecule has 0 atom stereocenters. The van der Waals surface area contributed by atoms with Gasteiger partial charge in [-0.25, -0.2) is 8.42 Å². The molecule has 0 aliphatic carbocycles. The highest BCUT2D eigenvalue weighted by atomic mass is 32.2. The fourth-order valence-electron chi connectivity index (χ4n) is 3.84. The van der Waals surface area contributed by atoms with Gasteiger partial charge in [0.25, 0.3) is 5.91 Å². The summed E-state index contributed by atoms with van der Waals surface area (Å²) in [6, 6.07) is 13.2. The van der Waals surface area contributed by atoms with Gasteiger partial charge < -0.3 is 16.0 Å². The van der Waals surface area contributed by atoms with Gasteiger partial charge in [-0.2, -0.15) is 0 Å². The molecule has 1 saturated heterocycles. The van der Waals surface area contributed by atoms with E-state index in [1.807, 2.05) is 0 Å². The quantitative estimate of drug-likeness (QED) is 0.705. The molecule has 162 valence electrons. The molecule has 3 N–H and O–H groups in total. The second-order valence-corrected chi connectivity index (χ2v) is 11.4. The minimum Gasteiger partial charge on any atom is -0.397 e. The molecule has 7 heteroatoms. The molecule has 1 amide bonds. The third-order valence-electron chi connectivity index (χ3n) is 5.33. The van der Waals surface area contributed by atoms with Gasteiger partial charge in [-0.15, -0.1) is 0 Å². The smallest absolute Gasteiger partial charge is 0.255 e. The lowest BCUT2D eigenvalue weighted by molar-refractivity contribution is 0.102. The largest absolute Gasteiger partial charge is 0.397 e. The van der Waals surface area contributed by atoms with E-state index in [4.69, 9.17) is 5.73 Å². The molecule has 1 heterocycles. The Morgan fingerprint density at radius 3 is 2.23 bits per heavy atom. The highest BCUT2D eigenvalue weighted by Gasteiger charge is 2.32. The Morgan fingerprint density at radius 2 is 1.67 bits per heavy atom. The Labute approximate surface area is 179 Å². The monoisotopic (exact) mass is 429 g/mol. The van der Waals surface area contributed by atoms with Gasteiger partial charge >= 0.3 is 0 Å². The Balaban J connectivity index is 1.65. The average molecular weight is 430 g/mol. The van der Waals surface area contributed by atoms with E-state index in [2.05, 4.69) is 31.0 Å². The van der Waals surface area contributed by atoms with Crippen molar-refractivity contribution < 1.29 is 13.2 Å². The number of nitrogen functional groups attached to an aromatic ring is 1. The average Bonchev–Trinajstić information content (AvgIpc) is 2.69. The van der Waals surface area contributed by atoms with Crippen LogP contribution in [-0.4, -0.2) is 44.1 Å². The predicted octanol–water partition coefficient (Wildman–Crippen LogP) is 3.81. The zero-order chi connectivity index (χ0) is 21.9. The molecular weight excluding hydrogens is 398 g/mol. The number of para-hydroxylation sites is 2. The van der Waals surface area contributed by atoms with Crippen LogP contribution in [0.4, 0.5) is 11.4 Å². The second-order valence-electron chi connectivity index (χ2n) is 9.15. The van der Waals surface area contributed by atoms with Crippen molar-refractivity contribution in [3.05, 3.63) is 54.1 Å². The Morgan fingerprint density at radius 1 is 1.07 bits per heavy atom. The molecule has 1 aliphatic heterocycles. The summed E-state index contributed by atoms with van der Waals surface area (Å²) < 4.78 is 26.1. The summed E-state index contributed by atoms with van der Waals surface area (Å²) in [7, 11) is -3.42. The number of nitrogens with two attached hydrogens (primary N) is 1. The lowest BCUT2D eigenvalue weighted by Gasteiger charge is -2.35. The van der Waals surface area contributed by atoms with Crippen molar-refractivity contribution in [3.8, 4) is 0 Å². The van der Waals surface area contributed by atoms with Crippen molar-refractivity contribution in [2.45, 2.75) is 43.8 Å².